The summed E-state index contributed by atoms with van der Waals surface area (Å²) in [7, 11) is 0. The molecule has 5 unspecified atom stereocenters. The normalized spacial score (nSPS) is 39.1. The first-order chi connectivity index (χ1) is 9.19. The van der Waals surface area contributed by atoms with Crippen molar-refractivity contribution in [3.63, 3.8) is 0 Å². The first-order valence-electron chi connectivity index (χ1n) is 6.88. The van der Waals surface area contributed by atoms with E-state index in [0.717, 1.165) is 28.9 Å². The molecular formula is C15H16BrNO2. The third kappa shape index (κ3) is 1.56. The number of hydrogen-bond acceptors (Lipinski definition) is 3. The first-order valence-corrected chi connectivity index (χ1v) is 7.68. The fraction of sp³-hybridized carbons (Fsp3) is 0.533. The number of fused-ring (bicyclic) bond motifs is 1. The lowest BCUT2D eigenvalue weighted by Gasteiger charge is -2.30. The standard InChI is InChI=1S/C15H16BrNO2/c16-13-5-11(2-1-8(13)7-18)17-6-10-3-9-4-12(10)14(17)15(9)19/h1-2,5,7,9-10,12,14-15,19H,3-4,6H2. The van der Waals surface area contributed by atoms with Gasteiger partial charge in [0.1, 0.15) is 0 Å². The number of carbonyl (C=O) groups excluding carboxylic acids is 1. The van der Waals surface area contributed by atoms with Crippen molar-refractivity contribution in [3.8, 4) is 0 Å². The highest BCUT2D eigenvalue weighted by atomic mass is 79.9. The second-order valence-corrected chi connectivity index (χ2v) is 6.97. The van der Waals surface area contributed by atoms with Crippen molar-refractivity contribution in [2.45, 2.75) is 25.0 Å². The van der Waals surface area contributed by atoms with Crippen molar-refractivity contribution in [1.82, 2.24) is 0 Å². The highest BCUT2D eigenvalue weighted by Crippen LogP contribution is 2.55. The summed E-state index contributed by atoms with van der Waals surface area (Å²) in [6, 6.07) is 6.15. The fourth-order valence-electron chi connectivity index (χ4n) is 4.50. The number of aliphatic hydroxyl groups is 1. The average Bonchev–Trinajstić information content (AvgIpc) is 2.99. The molecule has 19 heavy (non-hydrogen) atoms. The number of halogens is 1. The van der Waals surface area contributed by atoms with E-state index in [1.54, 1.807) is 0 Å². The van der Waals surface area contributed by atoms with Crippen LogP contribution in [0.4, 0.5) is 5.69 Å². The molecule has 1 aromatic rings. The number of hydrogen-bond donors (Lipinski definition) is 1. The Morgan fingerprint density at radius 3 is 2.84 bits per heavy atom. The monoisotopic (exact) mass is 321 g/mol. The molecule has 3 aliphatic rings. The van der Waals surface area contributed by atoms with Gasteiger partial charge in [-0.1, -0.05) is 0 Å². The van der Waals surface area contributed by atoms with E-state index in [-0.39, 0.29) is 12.1 Å². The van der Waals surface area contributed by atoms with Crippen molar-refractivity contribution >= 4 is 27.9 Å². The molecule has 3 nitrogen and oxygen atoms in total. The molecule has 5 atom stereocenters. The molecule has 2 saturated carbocycles. The smallest absolute Gasteiger partial charge is 0.151 e. The number of carbonyl (C=O) groups is 1. The van der Waals surface area contributed by atoms with Gasteiger partial charge in [-0.25, -0.2) is 0 Å². The Labute approximate surface area is 120 Å². The largest absolute Gasteiger partial charge is 0.391 e. The zero-order valence-electron chi connectivity index (χ0n) is 10.5. The van der Waals surface area contributed by atoms with E-state index in [0.29, 0.717) is 17.4 Å². The third-order valence-corrected chi connectivity index (χ3v) is 5.98. The molecule has 2 aliphatic carbocycles. The minimum absolute atomic E-state index is 0.173. The van der Waals surface area contributed by atoms with Gasteiger partial charge in [0.2, 0.25) is 0 Å². The Kier molecular flexibility index (Phi) is 2.55. The number of anilines is 1. The van der Waals surface area contributed by atoms with E-state index in [9.17, 15) is 9.90 Å². The van der Waals surface area contributed by atoms with Gasteiger partial charge in [-0.2, -0.15) is 0 Å². The summed E-state index contributed by atoms with van der Waals surface area (Å²) in [6.45, 7) is 1.05. The molecular weight excluding hydrogens is 306 g/mol. The molecule has 4 heteroatoms. The molecule has 1 aliphatic heterocycles. The van der Waals surface area contributed by atoms with Crippen LogP contribution < -0.4 is 4.90 Å². The van der Waals surface area contributed by atoms with E-state index in [1.807, 2.05) is 18.2 Å². The number of benzene rings is 1. The van der Waals surface area contributed by atoms with E-state index >= 15 is 0 Å². The van der Waals surface area contributed by atoms with Crippen molar-refractivity contribution in [2.75, 3.05) is 11.4 Å². The Balaban J connectivity index is 1.70. The highest BCUT2D eigenvalue weighted by Gasteiger charge is 2.58. The van der Waals surface area contributed by atoms with Crippen molar-refractivity contribution in [1.29, 1.82) is 0 Å². The van der Waals surface area contributed by atoms with Gasteiger partial charge in [-0.3, -0.25) is 4.79 Å². The predicted octanol–water partition coefficient (Wildman–Crippen LogP) is 2.47. The molecule has 0 radical (unpaired) electrons. The third-order valence-electron chi connectivity index (χ3n) is 5.29. The summed E-state index contributed by atoms with van der Waals surface area (Å²) in [5.41, 5.74) is 1.80. The van der Waals surface area contributed by atoms with Gasteiger partial charge >= 0.3 is 0 Å². The fourth-order valence-corrected chi connectivity index (χ4v) is 4.96. The quantitative estimate of drug-likeness (QED) is 0.851. The summed E-state index contributed by atoms with van der Waals surface area (Å²) in [5, 5.41) is 10.4. The Hall–Kier alpha value is -0.870. The first kappa shape index (κ1) is 11.9. The van der Waals surface area contributed by atoms with Crippen LogP contribution in [0.15, 0.2) is 22.7 Å². The van der Waals surface area contributed by atoms with Gasteiger partial charge in [-0.15, -0.1) is 0 Å². The van der Waals surface area contributed by atoms with Crippen LogP contribution >= 0.6 is 15.9 Å². The average molecular weight is 322 g/mol. The maximum absolute atomic E-state index is 10.9. The van der Waals surface area contributed by atoms with Crippen molar-refractivity contribution in [3.05, 3.63) is 28.2 Å². The number of nitrogens with zero attached hydrogens (tertiary/aromatic N) is 1. The summed E-state index contributed by atoms with van der Waals surface area (Å²) in [4.78, 5) is 13.2. The molecule has 4 rings (SSSR count). The van der Waals surface area contributed by atoms with Gasteiger partial charge in [0.05, 0.1) is 12.1 Å². The molecule has 1 saturated heterocycles. The zero-order chi connectivity index (χ0) is 13.1. The zero-order valence-corrected chi connectivity index (χ0v) is 12.1. The summed E-state index contributed by atoms with van der Waals surface area (Å²) < 4.78 is 0.836. The summed E-state index contributed by atoms with van der Waals surface area (Å²) >= 11 is 3.45. The Morgan fingerprint density at radius 1 is 1.32 bits per heavy atom. The second-order valence-electron chi connectivity index (χ2n) is 6.11. The Morgan fingerprint density at radius 2 is 2.16 bits per heavy atom. The van der Waals surface area contributed by atoms with E-state index in [4.69, 9.17) is 0 Å². The van der Waals surface area contributed by atoms with Gasteiger partial charge in [-0.05, 0) is 64.7 Å². The van der Waals surface area contributed by atoms with Crippen LogP contribution in [0.3, 0.4) is 0 Å². The van der Waals surface area contributed by atoms with Crippen LogP contribution in [0, 0.1) is 17.8 Å². The topological polar surface area (TPSA) is 40.5 Å². The second kappa shape index (κ2) is 4.06. The van der Waals surface area contributed by atoms with Gasteiger partial charge in [0, 0.05) is 22.3 Å². The maximum Gasteiger partial charge on any atom is 0.151 e. The number of aliphatic hydroxyl groups excluding tert-OH is 1. The molecule has 0 amide bonds. The Bertz CT molecular complexity index is 545. The lowest BCUT2D eigenvalue weighted by atomic mass is 9.88. The van der Waals surface area contributed by atoms with E-state index in [1.165, 1.54) is 12.8 Å². The van der Waals surface area contributed by atoms with E-state index < -0.39 is 0 Å². The summed E-state index contributed by atoms with van der Waals surface area (Å²) in [5.74, 6) is 1.94. The minimum Gasteiger partial charge on any atom is -0.391 e. The molecule has 1 aromatic carbocycles. The predicted molar refractivity (Wildman–Crippen MR) is 76.4 cm³/mol. The lowest BCUT2D eigenvalue weighted by molar-refractivity contribution is 0.0966. The highest BCUT2D eigenvalue weighted by molar-refractivity contribution is 9.10. The van der Waals surface area contributed by atoms with Gasteiger partial charge < -0.3 is 10.0 Å². The van der Waals surface area contributed by atoms with Crippen LogP contribution in [0.2, 0.25) is 0 Å². The van der Waals surface area contributed by atoms with Crippen LogP contribution in [0.1, 0.15) is 23.2 Å². The van der Waals surface area contributed by atoms with Crippen LogP contribution in [-0.2, 0) is 0 Å². The van der Waals surface area contributed by atoms with Gasteiger partial charge in [0.15, 0.2) is 6.29 Å². The van der Waals surface area contributed by atoms with Crippen molar-refractivity contribution < 1.29 is 9.90 Å². The number of aldehydes is 1. The van der Waals surface area contributed by atoms with Crippen LogP contribution in [0.25, 0.3) is 0 Å². The molecule has 3 fully saturated rings. The van der Waals surface area contributed by atoms with Crippen LogP contribution in [-0.4, -0.2) is 30.1 Å². The molecule has 100 valence electrons. The minimum atomic E-state index is -0.173. The molecule has 0 spiro atoms. The van der Waals surface area contributed by atoms with Crippen LogP contribution in [0.5, 0.6) is 0 Å². The summed E-state index contributed by atoms with van der Waals surface area (Å²) in [6.07, 6.45) is 3.07. The maximum atomic E-state index is 10.9. The lowest BCUT2D eigenvalue weighted by Crippen LogP contribution is -2.40. The molecule has 1 heterocycles. The molecule has 2 bridgehead atoms. The SMILES string of the molecule is O=Cc1ccc(N2CC3CC4CC3C2C4O)cc1Br. The molecule has 0 aromatic heterocycles. The van der Waals surface area contributed by atoms with Gasteiger partial charge in [0.25, 0.3) is 0 Å². The van der Waals surface area contributed by atoms with Crippen molar-refractivity contribution in [2.24, 2.45) is 17.8 Å². The molecule has 1 N–H and O–H groups in total. The van der Waals surface area contributed by atoms with E-state index in [2.05, 4.69) is 20.8 Å². The number of rotatable bonds is 2.